The minimum Gasteiger partial charge on any atom is -0.356 e. The fourth-order valence-electron chi connectivity index (χ4n) is 6.30. The van der Waals surface area contributed by atoms with Gasteiger partial charge in [-0.05, 0) is 63.4 Å². The summed E-state index contributed by atoms with van der Waals surface area (Å²) in [5.41, 5.74) is 2.73. The molecule has 2 saturated carbocycles. The predicted molar refractivity (Wildman–Crippen MR) is 134 cm³/mol. The van der Waals surface area contributed by atoms with Gasteiger partial charge in [0.05, 0.1) is 12.6 Å². The Kier molecular flexibility index (Phi) is 7.22. The van der Waals surface area contributed by atoms with Crippen LogP contribution in [0.15, 0.2) is 29.3 Å². The summed E-state index contributed by atoms with van der Waals surface area (Å²) in [6, 6.07) is 10.1. The number of carbonyl (C=O) groups excluding carboxylic acids is 1. The SMILES string of the molecule is Cc1ccc(CCN2C3=NC[C@H](C4CCCCC4)N3C[C@@H]2CCCNC(=O)C2CCC2)cc1. The van der Waals surface area contributed by atoms with Crippen LogP contribution in [0, 0.1) is 18.8 Å². The number of aliphatic imine (C=N–C) groups is 1. The van der Waals surface area contributed by atoms with Crippen molar-refractivity contribution in [1.82, 2.24) is 15.1 Å². The van der Waals surface area contributed by atoms with Gasteiger partial charge in [-0.1, -0.05) is 55.5 Å². The minimum absolute atomic E-state index is 0.284. The van der Waals surface area contributed by atoms with Crippen molar-refractivity contribution < 1.29 is 4.79 Å². The van der Waals surface area contributed by atoms with Gasteiger partial charge in [0.25, 0.3) is 0 Å². The van der Waals surface area contributed by atoms with Crippen LogP contribution in [0.5, 0.6) is 0 Å². The smallest absolute Gasteiger partial charge is 0.223 e. The molecule has 5 rings (SSSR count). The Bertz CT molecular complexity index is 825. The number of fused-ring (bicyclic) bond motifs is 1. The van der Waals surface area contributed by atoms with Crippen LogP contribution in [0.2, 0.25) is 0 Å². The van der Waals surface area contributed by atoms with Crippen LogP contribution >= 0.6 is 0 Å². The lowest BCUT2D eigenvalue weighted by molar-refractivity contribution is -0.127. The standard InChI is InChI=1S/C28H42N4O/c1-21-12-14-22(15-13-21)16-18-31-25(11-6-17-29-27(33)24-9-5-10-24)20-32-26(19-30-28(31)32)23-7-3-2-4-8-23/h12-15,23-26H,2-11,16-20H2,1H3,(H,29,33)/t25-,26+/m0/s1. The first-order valence-corrected chi connectivity index (χ1v) is 13.6. The summed E-state index contributed by atoms with van der Waals surface area (Å²) >= 11 is 0. The number of amides is 1. The number of nitrogens with zero attached hydrogens (tertiary/aromatic N) is 3. The Morgan fingerprint density at radius 1 is 1.06 bits per heavy atom. The van der Waals surface area contributed by atoms with Crippen LogP contribution in [0.1, 0.15) is 75.3 Å². The van der Waals surface area contributed by atoms with Gasteiger partial charge in [-0.25, -0.2) is 0 Å². The van der Waals surface area contributed by atoms with Crippen molar-refractivity contribution in [2.24, 2.45) is 16.8 Å². The zero-order valence-electron chi connectivity index (χ0n) is 20.5. The van der Waals surface area contributed by atoms with E-state index in [0.29, 0.717) is 18.0 Å². The third-order valence-electron chi connectivity index (χ3n) is 8.63. The minimum atomic E-state index is 0.284. The molecular formula is C28H42N4O. The van der Waals surface area contributed by atoms with Gasteiger partial charge < -0.3 is 15.1 Å². The highest BCUT2D eigenvalue weighted by molar-refractivity contribution is 5.84. The summed E-state index contributed by atoms with van der Waals surface area (Å²) < 4.78 is 0. The first-order chi connectivity index (χ1) is 16.2. The summed E-state index contributed by atoms with van der Waals surface area (Å²) in [6.45, 7) is 6.11. The molecule has 2 aliphatic heterocycles. The van der Waals surface area contributed by atoms with Crippen LogP contribution in [-0.4, -0.2) is 59.9 Å². The molecule has 5 nitrogen and oxygen atoms in total. The summed E-state index contributed by atoms with van der Waals surface area (Å²) in [7, 11) is 0. The van der Waals surface area contributed by atoms with Crippen LogP contribution in [0.3, 0.4) is 0 Å². The quantitative estimate of drug-likeness (QED) is 0.562. The van der Waals surface area contributed by atoms with E-state index in [9.17, 15) is 4.79 Å². The topological polar surface area (TPSA) is 47.9 Å². The first-order valence-electron chi connectivity index (χ1n) is 13.6. The zero-order valence-corrected chi connectivity index (χ0v) is 20.5. The molecule has 33 heavy (non-hydrogen) atoms. The maximum absolute atomic E-state index is 12.2. The third kappa shape index (κ3) is 5.22. The molecule has 0 bridgehead atoms. The molecule has 2 heterocycles. The van der Waals surface area contributed by atoms with Crippen molar-refractivity contribution in [3.8, 4) is 0 Å². The highest BCUT2D eigenvalue weighted by atomic mass is 16.1. The predicted octanol–water partition coefficient (Wildman–Crippen LogP) is 4.54. The van der Waals surface area contributed by atoms with E-state index in [1.54, 1.807) is 0 Å². The number of nitrogens with one attached hydrogen (secondary N) is 1. The molecule has 1 aromatic rings. The lowest BCUT2D eigenvalue weighted by atomic mass is 9.83. The number of carbonyl (C=O) groups is 1. The monoisotopic (exact) mass is 450 g/mol. The second-order valence-electron chi connectivity index (χ2n) is 10.9. The molecule has 0 unspecified atom stereocenters. The molecule has 2 aliphatic carbocycles. The van der Waals surface area contributed by atoms with Gasteiger partial charge in [-0.2, -0.15) is 0 Å². The highest BCUT2D eigenvalue weighted by Gasteiger charge is 2.44. The Morgan fingerprint density at radius 2 is 1.85 bits per heavy atom. The molecule has 1 amide bonds. The van der Waals surface area contributed by atoms with E-state index < -0.39 is 0 Å². The number of benzene rings is 1. The van der Waals surface area contributed by atoms with Crippen molar-refractivity contribution in [3.63, 3.8) is 0 Å². The van der Waals surface area contributed by atoms with Gasteiger partial charge in [-0.3, -0.25) is 9.79 Å². The van der Waals surface area contributed by atoms with Gasteiger partial charge in [0.1, 0.15) is 0 Å². The molecule has 5 heteroatoms. The summed E-state index contributed by atoms with van der Waals surface area (Å²) in [5.74, 6) is 2.66. The van der Waals surface area contributed by atoms with E-state index in [4.69, 9.17) is 4.99 Å². The van der Waals surface area contributed by atoms with E-state index in [0.717, 1.165) is 64.2 Å². The Morgan fingerprint density at radius 3 is 2.58 bits per heavy atom. The van der Waals surface area contributed by atoms with Crippen LogP contribution in [0.4, 0.5) is 0 Å². The number of hydrogen-bond acceptors (Lipinski definition) is 4. The molecule has 0 radical (unpaired) electrons. The molecule has 2 atom stereocenters. The van der Waals surface area contributed by atoms with E-state index in [2.05, 4.69) is 46.3 Å². The van der Waals surface area contributed by atoms with Crippen molar-refractivity contribution >= 4 is 11.9 Å². The van der Waals surface area contributed by atoms with Crippen LogP contribution < -0.4 is 5.32 Å². The number of guanidine groups is 1. The first kappa shape index (κ1) is 22.7. The van der Waals surface area contributed by atoms with Gasteiger partial charge in [0.2, 0.25) is 5.91 Å². The van der Waals surface area contributed by atoms with E-state index in [1.165, 1.54) is 55.6 Å². The maximum atomic E-state index is 12.2. The largest absolute Gasteiger partial charge is 0.356 e. The molecule has 1 N–H and O–H groups in total. The highest BCUT2D eigenvalue weighted by Crippen LogP contribution is 2.35. The number of aryl methyl sites for hydroxylation is 1. The normalized spacial score (nSPS) is 25.7. The molecule has 1 saturated heterocycles. The van der Waals surface area contributed by atoms with Gasteiger partial charge in [0, 0.05) is 31.6 Å². The molecular weight excluding hydrogens is 408 g/mol. The van der Waals surface area contributed by atoms with Crippen molar-refractivity contribution in [2.45, 2.75) is 89.6 Å². The Hall–Kier alpha value is -2.04. The summed E-state index contributed by atoms with van der Waals surface area (Å²) in [6.07, 6.45) is 13.6. The molecule has 0 aromatic heterocycles. The van der Waals surface area contributed by atoms with Crippen LogP contribution in [-0.2, 0) is 11.2 Å². The molecule has 3 fully saturated rings. The average molecular weight is 451 g/mol. The van der Waals surface area contributed by atoms with Crippen molar-refractivity contribution in [3.05, 3.63) is 35.4 Å². The zero-order chi connectivity index (χ0) is 22.6. The number of rotatable bonds is 9. The second kappa shape index (κ2) is 10.5. The fraction of sp³-hybridized carbons (Fsp3) is 0.714. The molecule has 1 aromatic carbocycles. The van der Waals surface area contributed by atoms with Crippen molar-refractivity contribution in [1.29, 1.82) is 0 Å². The second-order valence-corrected chi connectivity index (χ2v) is 10.9. The third-order valence-corrected chi connectivity index (χ3v) is 8.63. The summed E-state index contributed by atoms with van der Waals surface area (Å²) in [4.78, 5) is 22.6. The van der Waals surface area contributed by atoms with Gasteiger partial charge in [0.15, 0.2) is 5.96 Å². The number of hydrogen-bond donors (Lipinski definition) is 1. The van der Waals surface area contributed by atoms with Crippen molar-refractivity contribution in [2.75, 3.05) is 26.2 Å². The molecule has 4 aliphatic rings. The maximum Gasteiger partial charge on any atom is 0.223 e. The lowest BCUT2D eigenvalue weighted by Gasteiger charge is -2.33. The lowest BCUT2D eigenvalue weighted by Crippen LogP contribution is -2.41. The Labute approximate surface area is 200 Å². The molecule has 180 valence electrons. The van der Waals surface area contributed by atoms with Crippen LogP contribution in [0.25, 0.3) is 0 Å². The fourth-order valence-corrected chi connectivity index (χ4v) is 6.30. The van der Waals surface area contributed by atoms with Gasteiger partial charge in [-0.15, -0.1) is 0 Å². The van der Waals surface area contributed by atoms with E-state index in [1.807, 2.05) is 0 Å². The molecule has 0 spiro atoms. The summed E-state index contributed by atoms with van der Waals surface area (Å²) in [5, 5.41) is 3.20. The van der Waals surface area contributed by atoms with E-state index in [-0.39, 0.29) is 5.91 Å². The average Bonchev–Trinajstić information content (AvgIpc) is 3.35. The van der Waals surface area contributed by atoms with Gasteiger partial charge >= 0.3 is 0 Å². The van der Waals surface area contributed by atoms with E-state index >= 15 is 0 Å². The Balaban J connectivity index is 1.20.